The van der Waals surface area contributed by atoms with Gasteiger partial charge >= 0.3 is 0 Å². The van der Waals surface area contributed by atoms with Gasteiger partial charge in [0.05, 0.1) is 18.0 Å². The number of carbonyl (C=O) groups excluding carboxylic acids is 1. The van der Waals surface area contributed by atoms with Crippen molar-refractivity contribution in [2.45, 2.75) is 20.5 Å². The maximum atomic E-state index is 11.9. The van der Waals surface area contributed by atoms with Crippen LogP contribution >= 0.6 is 0 Å². The molecule has 1 aromatic heterocycles. The van der Waals surface area contributed by atoms with E-state index in [-0.39, 0.29) is 5.91 Å². The second kappa shape index (κ2) is 8.16. The Labute approximate surface area is 152 Å². The highest BCUT2D eigenvalue weighted by atomic mass is 16.5. The number of benzene rings is 2. The first kappa shape index (κ1) is 17.5. The molecule has 5 nitrogen and oxygen atoms in total. The van der Waals surface area contributed by atoms with Crippen molar-refractivity contribution in [3.63, 3.8) is 0 Å². The van der Waals surface area contributed by atoms with Crippen molar-refractivity contribution in [3.8, 4) is 5.75 Å². The Balaban J connectivity index is 1.51. The molecule has 0 fully saturated rings. The summed E-state index contributed by atoms with van der Waals surface area (Å²) in [5.74, 6) is 1.04. The van der Waals surface area contributed by atoms with Crippen molar-refractivity contribution in [1.82, 2.24) is 5.43 Å². The predicted molar refractivity (Wildman–Crippen MR) is 100 cm³/mol. The molecule has 1 heterocycles. The maximum Gasteiger partial charge on any atom is 0.274 e. The lowest BCUT2D eigenvalue weighted by atomic mass is 10.2. The summed E-state index contributed by atoms with van der Waals surface area (Å²) >= 11 is 0. The van der Waals surface area contributed by atoms with E-state index >= 15 is 0 Å². The lowest BCUT2D eigenvalue weighted by Crippen LogP contribution is -2.17. The summed E-state index contributed by atoms with van der Waals surface area (Å²) in [7, 11) is 0. The van der Waals surface area contributed by atoms with Gasteiger partial charge in [-0.3, -0.25) is 4.79 Å². The molecule has 0 saturated carbocycles. The lowest BCUT2D eigenvalue weighted by molar-refractivity contribution is 0.0953. The number of nitrogens with one attached hydrogen (secondary N) is 1. The van der Waals surface area contributed by atoms with E-state index in [0.717, 1.165) is 16.9 Å². The van der Waals surface area contributed by atoms with E-state index < -0.39 is 0 Å². The number of aryl methyl sites for hydroxylation is 2. The molecule has 1 amide bonds. The highest BCUT2D eigenvalue weighted by Gasteiger charge is 2.09. The zero-order valence-corrected chi connectivity index (χ0v) is 14.7. The van der Waals surface area contributed by atoms with Crippen molar-refractivity contribution in [3.05, 3.63) is 88.9 Å². The average molecular weight is 348 g/mol. The first-order valence-electron chi connectivity index (χ1n) is 8.28. The molecule has 0 aliphatic rings. The van der Waals surface area contributed by atoms with Crippen LogP contribution in [0.2, 0.25) is 0 Å². The molecule has 3 rings (SSSR count). The second-order valence-corrected chi connectivity index (χ2v) is 5.93. The largest absolute Gasteiger partial charge is 0.489 e. The van der Waals surface area contributed by atoms with Crippen molar-refractivity contribution >= 4 is 12.1 Å². The van der Waals surface area contributed by atoms with Gasteiger partial charge in [0.25, 0.3) is 5.91 Å². The molecule has 0 bridgehead atoms. The Morgan fingerprint density at radius 2 is 1.81 bits per heavy atom. The van der Waals surface area contributed by atoms with Crippen LogP contribution in [0.1, 0.15) is 32.8 Å². The third-order valence-corrected chi connectivity index (χ3v) is 3.89. The third-order valence-electron chi connectivity index (χ3n) is 3.89. The van der Waals surface area contributed by atoms with Crippen LogP contribution in [-0.4, -0.2) is 12.1 Å². The van der Waals surface area contributed by atoms with E-state index in [1.54, 1.807) is 19.2 Å². The highest BCUT2D eigenvalue weighted by Crippen LogP contribution is 2.14. The smallest absolute Gasteiger partial charge is 0.274 e. The molecule has 0 spiro atoms. The van der Waals surface area contributed by atoms with Gasteiger partial charge in [-0.1, -0.05) is 29.8 Å². The molecule has 3 aromatic rings. The summed E-state index contributed by atoms with van der Waals surface area (Å²) in [5, 5.41) is 3.96. The van der Waals surface area contributed by atoms with Crippen LogP contribution in [0.4, 0.5) is 0 Å². The highest BCUT2D eigenvalue weighted by molar-refractivity contribution is 5.95. The van der Waals surface area contributed by atoms with Gasteiger partial charge in [0, 0.05) is 0 Å². The first-order chi connectivity index (χ1) is 12.6. The standard InChI is InChI=1S/C21H20N2O3/c1-15-3-5-18(6-4-15)14-26-19-9-7-17(8-10-19)13-22-23-21(24)20-11-12-25-16(20)2/h3-13H,14H2,1-2H3,(H,23,24)/b22-13+. The van der Waals surface area contributed by atoms with Crippen LogP contribution < -0.4 is 10.2 Å². The summed E-state index contributed by atoms with van der Waals surface area (Å²) in [6.07, 6.45) is 3.06. The quantitative estimate of drug-likeness (QED) is 0.535. The van der Waals surface area contributed by atoms with Gasteiger partial charge in [-0.2, -0.15) is 5.10 Å². The number of hydrogen-bond donors (Lipinski definition) is 1. The van der Waals surface area contributed by atoms with E-state index in [9.17, 15) is 4.79 Å². The van der Waals surface area contributed by atoms with Crippen molar-refractivity contribution in [2.24, 2.45) is 5.10 Å². The summed E-state index contributed by atoms with van der Waals surface area (Å²) in [6.45, 7) is 4.31. The van der Waals surface area contributed by atoms with Gasteiger partial charge in [-0.05, 0) is 55.3 Å². The van der Waals surface area contributed by atoms with E-state index in [2.05, 4.69) is 41.7 Å². The van der Waals surface area contributed by atoms with Gasteiger partial charge in [0.2, 0.25) is 0 Å². The molecular weight excluding hydrogens is 328 g/mol. The van der Waals surface area contributed by atoms with E-state index in [1.807, 2.05) is 24.3 Å². The van der Waals surface area contributed by atoms with E-state index in [4.69, 9.17) is 9.15 Å². The number of hydrazone groups is 1. The molecule has 0 radical (unpaired) electrons. The summed E-state index contributed by atoms with van der Waals surface area (Å²) < 4.78 is 10.9. The summed E-state index contributed by atoms with van der Waals surface area (Å²) in [4.78, 5) is 11.9. The van der Waals surface area contributed by atoms with Crippen molar-refractivity contribution in [1.29, 1.82) is 0 Å². The Hall–Kier alpha value is -3.34. The molecule has 0 unspecified atom stereocenters. The fourth-order valence-electron chi connectivity index (χ4n) is 2.35. The minimum atomic E-state index is -0.300. The van der Waals surface area contributed by atoms with Crippen LogP contribution in [0, 0.1) is 13.8 Å². The van der Waals surface area contributed by atoms with Crippen molar-refractivity contribution < 1.29 is 13.9 Å². The SMILES string of the molecule is Cc1ccc(COc2ccc(/C=N/NC(=O)c3ccoc3C)cc2)cc1. The zero-order chi connectivity index (χ0) is 18.4. The molecule has 0 atom stereocenters. The lowest BCUT2D eigenvalue weighted by Gasteiger charge is -2.06. The molecule has 1 N–H and O–H groups in total. The van der Waals surface area contributed by atoms with Crippen LogP contribution in [0.5, 0.6) is 5.75 Å². The topological polar surface area (TPSA) is 63.8 Å². The van der Waals surface area contributed by atoms with Crippen LogP contribution in [0.25, 0.3) is 0 Å². The summed E-state index contributed by atoms with van der Waals surface area (Å²) in [5.41, 5.74) is 6.16. The second-order valence-electron chi connectivity index (χ2n) is 5.93. The number of rotatable bonds is 6. The molecule has 0 aliphatic carbocycles. The molecular formula is C21H20N2O3. The number of carbonyl (C=O) groups is 1. The number of furan rings is 1. The maximum absolute atomic E-state index is 11.9. The molecule has 26 heavy (non-hydrogen) atoms. The zero-order valence-electron chi connectivity index (χ0n) is 14.7. The van der Waals surface area contributed by atoms with Gasteiger partial charge in [0.15, 0.2) is 0 Å². The predicted octanol–water partition coefficient (Wildman–Crippen LogP) is 4.24. The van der Waals surface area contributed by atoms with Crippen molar-refractivity contribution in [2.75, 3.05) is 0 Å². The van der Waals surface area contributed by atoms with Crippen LogP contribution in [0.3, 0.4) is 0 Å². The molecule has 0 aliphatic heterocycles. The third kappa shape index (κ3) is 4.60. The minimum absolute atomic E-state index is 0.300. The van der Waals surface area contributed by atoms with Gasteiger partial charge in [-0.25, -0.2) is 5.43 Å². The number of amides is 1. The Morgan fingerprint density at radius 1 is 1.08 bits per heavy atom. The Kier molecular flexibility index (Phi) is 5.49. The first-order valence-corrected chi connectivity index (χ1v) is 8.28. The van der Waals surface area contributed by atoms with Gasteiger partial charge < -0.3 is 9.15 Å². The normalized spacial score (nSPS) is 10.8. The Bertz CT molecular complexity index is 894. The number of nitrogens with zero attached hydrogens (tertiary/aromatic N) is 1. The average Bonchev–Trinajstić information content (AvgIpc) is 3.08. The van der Waals surface area contributed by atoms with Crippen LogP contribution in [0.15, 0.2) is 70.4 Å². The molecule has 0 saturated heterocycles. The molecule has 2 aromatic carbocycles. The fraction of sp³-hybridized carbons (Fsp3) is 0.143. The minimum Gasteiger partial charge on any atom is -0.489 e. The van der Waals surface area contributed by atoms with E-state index in [1.165, 1.54) is 11.8 Å². The fourth-order valence-corrected chi connectivity index (χ4v) is 2.35. The number of ether oxygens (including phenoxy) is 1. The Morgan fingerprint density at radius 3 is 2.46 bits per heavy atom. The molecule has 5 heteroatoms. The monoisotopic (exact) mass is 348 g/mol. The van der Waals surface area contributed by atoms with Gasteiger partial charge in [0.1, 0.15) is 18.1 Å². The molecule has 132 valence electrons. The summed E-state index contributed by atoms with van der Waals surface area (Å²) in [6, 6.07) is 17.4. The van der Waals surface area contributed by atoms with Crippen LogP contribution in [-0.2, 0) is 6.61 Å². The van der Waals surface area contributed by atoms with Gasteiger partial charge in [-0.15, -0.1) is 0 Å². The van der Waals surface area contributed by atoms with E-state index in [0.29, 0.717) is 17.9 Å². The number of hydrogen-bond acceptors (Lipinski definition) is 4.